The lowest BCUT2D eigenvalue weighted by Gasteiger charge is -2.30. The summed E-state index contributed by atoms with van der Waals surface area (Å²) >= 11 is 0. The minimum atomic E-state index is -1.25. The number of carboxylic acids is 1. The van der Waals surface area contributed by atoms with E-state index in [4.69, 9.17) is 10.8 Å². The predicted molar refractivity (Wildman–Crippen MR) is 113 cm³/mol. The number of benzene rings is 1. The first-order valence-electron chi connectivity index (χ1n) is 10.4. The van der Waals surface area contributed by atoms with E-state index in [9.17, 15) is 29.4 Å². The van der Waals surface area contributed by atoms with Gasteiger partial charge in [0.25, 0.3) is 0 Å². The van der Waals surface area contributed by atoms with Gasteiger partial charge in [0.05, 0.1) is 6.10 Å². The molecule has 0 aromatic heterocycles. The van der Waals surface area contributed by atoms with Crippen LogP contribution in [-0.2, 0) is 25.6 Å². The molecule has 5 atom stereocenters. The molecule has 0 saturated carbocycles. The lowest BCUT2D eigenvalue weighted by atomic mass is 10.0. The number of aliphatic hydroxyl groups excluding tert-OH is 1. The maximum atomic E-state index is 13.3. The molecule has 1 saturated heterocycles. The zero-order chi connectivity index (χ0) is 24.0. The molecule has 11 nitrogen and oxygen atoms in total. The second kappa shape index (κ2) is 10.9. The number of aliphatic hydroxyl groups is 1. The summed E-state index contributed by atoms with van der Waals surface area (Å²) in [5, 5.41) is 33.0. The number of carbonyl (C=O) groups is 4. The van der Waals surface area contributed by atoms with Gasteiger partial charge in [-0.15, -0.1) is 0 Å². The second-order valence-electron chi connectivity index (χ2n) is 7.96. The number of hydrogen-bond donors (Lipinski definition) is 6. The fourth-order valence-electron chi connectivity index (χ4n) is 3.43. The molecule has 1 aliphatic heterocycles. The summed E-state index contributed by atoms with van der Waals surface area (Å²) in [6.45, 7) is 2.95. The molecule has 1 heterocycles. The minimum absolute atomic E-state index is 0.0422. The van der Waals surface area contributed by atoms with Crippen molar-refractivity contribution in [1.82, 2.24) is 15.5 Å². The van der Waals surface area contributed by atoms with Crippen molar-refractivity contribution in [2.24, 2.45) is 5.73 Å². The third-order valence-electron chi connectivity index (χ3n) is 5.38. The van der Waals surface area contributed by atoms with Crippen LogP contribution in [0.3, 0.4) is 0 Å². The standard InChI is InChI=1S/C21H30N4O7/c1-11(21(31)32)23-18(28)16-4-3-9-25(16)20(30)15(24-19(29)17(22)12(2)26)10-13-5-7-14(27)8-6-13/h5-8,11-12,15-17,26-27H,3-4,9-10,22H2,1-2H3,(H,23,28)(H,24,29)(H,31,32). The van der Waals surface area contributed by atoms with E-state index in [0.29, 0.717) is 18.4 Å². The average molecular weight is 450 g/mol. The van der Waals surface area contributed by atoms with Gasteiger partial charge in [0.2, 0.25) is 17.7 Å². The number of carboxylic acid groups (broad SMARTS) is 1. The van der Waals surface area contributed by atoms with Gasteiger partial charge in [-0.1, -0.05) is 12.1 Å². The molecule has 32 heavy (non-hydrogen) atoms. The van der Waals surface area contributed by atoms with Gasteiger partial charge in [0, 0.05) is 13.0 Å². The van der Waals surface area contributed by atoms with Crippen LogP contribution in [0.2, 0.25) is 0 Å². The van der Waals surface area contributed by atoms with Crippen molar-refractivity contribution in [2.75, 3.05) is 6.54 Å². The number of aromatic hydroxyl groups is 1. The molecule has 1 aromatic carbocycles. The summed E-state index contributed by atoms with van der Waals surface area (Å²) < 4.78 is 0. The molecule has 3 amide bonds. The number of phenols is 1. The molecule has 1 fully saturated rings. The Morgan fingerprint density at radius 1 is 1.16 bits per heavy atom. The highest BCUT2D eigenvalue weighted by molar-refractivity contribution is 5.94. The van der Waals surface area contributed by atoms with Gasteiger partial charge in [-0.3, -0.25) is 19.2 Å². The van der Waals surface area contributed by atoms with Crippen LogP contribution in [0.1, 0.15) is 32.3 Å². The fraction of sp³-hybridized carbons (Fsp3) is 0.524. The number of phenolic OH excluding ortho intramolecular Hbond substituents is 1. The summed E-state index contributed by atoms with van der Waals surface area (Å²) in [4.78, 5) is 50.7. The van der Waals surface area contributed by atoms with Crippen LogP contribution in [0, 0.1) is 0 Å². The fourth-order valence-corrected chi connectivity index (χ4v) is 3.43. The van der Waals surface area contributed by atoms with Crippen LogP contribution in [0.25, 0.3) is 0 Å². The largest absolute Gasteiger partial charge is 0.508 e. The predicted octanol–water partition coefficient (Wildman–Crippen LogP) is -1.29. The first kappa shape index (κ1) is 25.1. The lowest BCUT2D eigenvalue weighted by Crippen LogP contribution is -2.58. The Morgan fingerprint density at radius 2 is 1.78 bits per heavy atom. The molecule has 0 bridgehead atoms. The smallest absolute Gasteiger partial charge is 0.325 e. The lowest BCUT2D eigenvalue weighted by molar-refractivity contribution is -0.144. The number of nitrogens with two attached hydrogens (primary N) is 1. The summed E-state index contributed by atoms with van der Waals surface area (Å²) in [5.41, 5.74) is 6.34. The van der Waals surface area contributed by atoms with Crippen molar-refractivity contribution in [3.63, 3.8) is 0 Å². The Kier molecular flexibility index (Phi) is 8.56. The van der Waals surface area contributed by atoms with E-state index in [1.54, 1.807) is 12.1 Å². The van der Waals surface area contributed by atoms with E-state index in [2.05, 4.69) is 10.6 Å². The monoisotopic (exact) mass is 450 g/mol. The molecule has 1 aliphatic rings. The molecule has 0 aliphatic carbocycles. The quantitative estimate of drug-likeness (QED) is 0.268. The normalized spacial score (nSPS) is 19.5. The molecule has 2 rings (SSSR count). The Balaban J connectivity index is 2.22. The van der Waals surface area contributed by atoms with Gasteiger partial charge >= 0.3 is 5.97 Å². The van der Waals surface area contributed by atoms with Crippen molar-refractivity contribution >= 4 is 23.7 Å². The maximum absolute atomic E-state index is 13.3. The van der Waals surface area contributed by atoms with Crippen molar-refractivity contribution in [1.29, 1.82) is 0 Å². The van der Waals surface area contributed by atoms with Crippen molar-refractivity contribution in [3.05, 3.63) is 29.8 Å². The number of amides is 3. The molecule has 11 heteroatoms. The number of carbonyl (C=O) groups excluding carboxylic acids is 3. The number of hydrogen-bond acceptors (Lipinski definition) is 7. The number of aliphatic carboxylic acids is 1. The summed E-state index contributed by atoms with van der Waals surface area (Å²) in [6, 6.07) is 1.77. The van der Waals surface area contributed by atoms with Gasteiger partial charge in [-0.25, -0.2) is 0 Å². The highest BCUT2D eigenvalue weighted by Gasteiger charge is 2.39. The van der Waals surface area contributed by atoms with Crippen LogP contribution in [0.5, 0.6) is 5.75 Å². The number of likely N-dealkylation sites (tertiary alicyclic amines) is 1. The van der Waals surface area contributed by atoms with Gasteiger partial charge in [-0.2, -0.15) is 0 Å². The Labute approximate surface area is 185 Å². The number of nitrogens with zero attached hydrogens (tertiary/aromatic N) is 1. The zero-order valence-corrected chi connectivity index (χ0v) is 18.0. The number of nitrogens with one attached hydrogen (secondary N) is 2. The van der Waals surface area contributed by atoms with Crippen LogP contribution >= 0.6 is 0 Å². The van der Waals surface area contributed by atoms with Crippen molar-refractivity contribution < 1.29 is 34.5 Å². The summed E-state index contributed by atoms with van der Waals surface area (Å²) in [7, 11) is 0. The molecule has 7 N–H and O–H groups in total. The topological polar surface area (TPSA) is 182 Å². The van der Waals surface area contributed by atoms with E-state index in [1.807, 2.05) is 0 Å². The first-order chi connectivity index (χ1) is 15.0. The van der Waals surface area contributed by atoms with E-state index in [-0.39, 0.29) is 18.7 Å². The molecule has 176 valence electrons. The second-order valence-corrected chi connectivity index (χ2v) is 7.96. The molecular formula is C21H30N4O7. The highest BCUT2D eigenvalue weighted by Crippen LogP contribution is 2.20. The van der Waals surface area contributed by atoms with Crippen LogP contribution in [0.15, 0.2) is 24.3 Å². The summed E-state index contributed by atoms with van der Waals surface area (Å²) in [5.74, 6) is -2.98. The van der Waals surface area contributed by atoms with Gasteiger partial charge < -0.3 is 36.6 Å². The Hall–Kier alpha value is -3.18. The third kappa shape index (κ3) is 6.41. The third-order valence-corrected chi connectivity index (χ3v) is 5.38. The first-order valence-corrected chi connectivity index (χ1v) is 10.4. The molecule has 0 spiro atoms. The van der Waals surface area contributed by atoms with E-state index in [1.165, 1.54) is 30.9 Å². The Bertz CT molecular complexity index is 843. The van der Waals surface area contributed by atoms with E-state index in [0.717, 1.165) is 0 Å². The number of rotatable bonds is 9. The SMILES string of the molecule is CC(NC(=O)C1CCCN1C(=O)C(Cc1ccc(O)cc1)NC(=O)C(N)C(C)O)C(=O)O. The molecular weight excluding hydrogens is 420 g/mol. The minimum Gasteiger partial charge on any atom is -0.508 e. The van der Waals surface area contributed by atoms with Crippen molar-refractivity contribution in [2.45, 2.75) is 63.4 Å². The zero-order valence-electron chi connectivity index (χ0n) is 18.0. The molecule has 5 unspecified atom stereocenters. The Morgan fingerprint density at radius 3 is 2.34 bits per heavy atom. The van der Waals surface area contributed by atoms with Gasteiger partial charge in [-0.05, 0) is 44.4 Å². The van der Waals surface area contributed by atoms with Crippen LogP contribution in [-0.4, -0.2) is 80.7 Å². The summed E-state index contributed by atoms with van der Waals surface area (Å²) in [6.07, 6.45) is -0.175. The van der Waals surface area contributed by atoms with Crippen LogP contribution in [0.4, 0.5) is 0 Å². The highest BCUT2D eigenvalue weighted by atomic mass is 16.4. The maximum Gasteiger partial charge on any atom is 0.325 e. The molecule has 1 aromatic rings. The van der Waals surface area contributed by atoms with Gasteiger partial charge in [0.1, 0.15) is 29.9 Å². The average Bonchev–Trinajstić information content (AvgIpc) is 3.23. The van der Waals surface area contributed by atoms with Crippen molar-refractivity contribution in [3.8, 4) is 5.75 Å². The molecule has 0 radical (unpaired) electrons. The van der Waals surface area contributed by atoms with Gasteiger partial charge in [0.15, 0.2) is 0 Å². The van der Waals surface area contributed by atoms with Crippen LogP contribution < -0.4 is 16.4 Å². The van der Waals surface area contributed by atoms with E-state index >= 15 is 0 Å². The van der Waals surface area contributed by atoms with E-state index < -0.39 is 54.0 Å².